The van der Waals surface area contributed by atoms with E-state index in [2.05, 4.69) is 19.2 Å². The van der Waals surface area contributed by atoms with E-state index in [1.807, 2.05) is 30.0 Å². The molecular weight excluding hydrogens is 456 g/mol. The third kappa shape index (κ3) is 5.15. The van der Waals surface area contributed by atoms with Crippen LogP contribution in [0.3, 0.4) is 0 Å². The predicted octanol–water partition coefficient (Wildman–Crippen LogP) is 5.11. The van der Waals surface area contributed by atoms with Crippen molar-refractivity contribution in [1.29, 1.82) is 0 Å². The maximum atomic E-state index is 13.3. The summed E-state index contributed by atoms with van der Waals surface area (Å²) in [4.78, 5) is 27.4. The lowest BCUT2D eigenvalue weighted by Crippen LogP contribution is -2.58. The van der Waals surface area contributed by atoms with Gasteiger partial charge in [-0.2, -0.15) is 0 Å². The SMILES string of the molecule is CC[C@@H](NC(=O)OC(C)(C)C)C(=O)N1CC[C@@H]2O[C@@H]3c4cc(Cl)ccc4OC(C)(C)[C@H]3C[C@@H]2C1. The Morgan fingerprint density at radius 1 is 1.32 bits per heavy atom. The van der Waals surface area contributed by atoms with E-state index in [0.717, 1.165) is 24.2 Å². The Morgan fingerprint density at radius 2 is 2.06 bits per heavy atom. The highest BCUT2D eigenvalue weighted by Crippen LogP contribution is 2.53. The lowest BCUT2D eigenvalue weighted by Gasteiger charge is -2.53. The fourth-order valence-corrected chi connectivity index (χ4v) is 5.67. The van der Waals surface area contributed by atoms with Gasteiger partial charge >= 0.3 is 6.09 Å². The number of carbonyl (C=O) groups excluding carboxylic acids is 2. The van der Waals surface area contributed by atoms with E-state index in [0.29, 0.717) is 24.5 Å². The number of piperidine rings is 1. The average molecular weight is 493 g/mol. The molecule has 0 spiro atoms. The summed E-state index contributed by atoms with van der Waals surface area (Å²) in [5.74, 6) is 1.13. The van der Waals surface area contributed by atoms with Gasteiger partial charge in [0, 0.05) is 35.5 Å². The van der Waals surface area contributed by atoms with Crippen molar-refractivity contribution in [3.8, 4) is 5.75 Å². The average Bonchev–Trinajstić information content (AvgIpc) is 2.75. The summed E-state index contributed by atoms with van der Waals surface area (Å²) in [5.41, 5.74) is 0.00569. The van der Waals surface area contributed by atoms with Crippen LogP contribution in [-0.2, 0) is 14.3 Å². The largest absolute Gasteiger partial charge is 0.487 e. The maximum Gasteiger partial charge on any atom is 0.408 e. The van der Waals surface area contributed by atoms with Crippen molar-refractivity contribution in [2.45, 2.75) is 90.3 Å². The third-order valence-corrected chi connectivity index (χ3v) is 7.40. The van der Waals surface area contributed by atoms with Crippen LogP contribution in [0, 0.1) is 11.8 Å². The van der Waals surface area contributed by atoms with E-state index in [-0.39, 0.29) is 30.0 Å². The molecule has 0 aromatic heterocycles. The van der Waals surface area contributed by atoms with Crippen LogP contribution in [0.5, 0.6) is 5.75 Å². The summed E-state index contributed by atoms with van der Waals surface area (Å²) in [6.45, 7) is 12.7. The molecule has 7 nitrogen and oxygen atoms in total. The number of rotatable bonds is 3. The molecule has 5 atom stereocenters. The lowest BCUT2D eigenvalue weighted by molar-refractivity contribution is -0.189. The van der Waals surface area contributed by atoms with Gasteiger partial charge in [0.25, 0.3) is 0 Å². The van der Waals surface area contributed by atoms with E-state index >= 15 is 0 Å². The molecule has 0 radical (unpaired) electrons. The van der Waals surface area contributed by atoms with Gasteiger partial charge in [-0.25, -0.2) is 4.79 Å². The van der Waals surface area contributed by atoms with Crippen LogP contribution in [-0.4, -0.2) is 53.3 Å². The standard InChI is InChI=1S/C26H37ClN2O5/c1-7-19(28-24(31)34-25(2,3)4)23(30)29-11-10-20-15(14-29)12-18-22(32-20)17-13-16(27)8-9-21(17)33-26(18,5)6/h8-9,13,15,18-20,22H,7,10-12,14H2,1-6H3,(H,28,31)/t15-,18+,19-,20+,22-/m1/s1. The third-order valence-electron chi connectivity index (χ3n) is 7.16. The first kappa shape index (κ1) is 25.1. The van der Waals surface area contributed by atoms with Gasteiger partial charge in [-0.1, -0.05) is 18.5 Å². The van der Waals surface area contributed by atoms with Gasteiger partial charge in [0.15, 0.2) is 0 Å². The van der Waals surface area contributed by atoms with Crippen LogP contribution < -0.4 is 10.1 Å². The van der Waals surface area contributed by atoms with Crippen molar-refractivity contribution in [3.63, 3.8) is 0 Å². The Balaban J connectivity index is 1.45. The Morgan fingerprint density at radius 3 is 2.74 bits per heavy atom. The van der Waals surface area contributed by atoms with Crippen LogP contribution in [0.25, 0.3) is 0 Å². The normalized spacial score (nSPS) is 28.5. The molecule has 0 unspecified atom stereocenters. The number of carbonyl (C=O) groups is 2. The zero-order valence-corrected chi connectivity index (χ0v) is 21.8. The Kier molecular flexibility index (Phi) is 6.82. The molecule has 8 heteroatoms. The molecule has 0 bridgehead atoms. The molecule has 1 aromatic carbocycles. The zero-order valence-electron chi connectivity index (χ0n) is 21.0. The zero-order chi connectivity index (χ0) is 24.8. The highest BCUT2D eigenvalue weighted by molar-refractivity contribution is 6.30. The van der Waals surface area contributed by atoms with Gasteiger partial charge in [-0.15, -0.1) is 0 Å². The topological polar surface area (TPSA) is 77.1 Å². The first-order valence-electron chi connectivity index (χ1n) is 12.3. The first-order valence-corrected chi connectivity index (χ1v) is 12.7. The van der Waals surface area contributed by atoms with E-state index in [4.69, 9.17) is 25.8 Å². The summed E-state index contributed by atoms with van der Waals surface area (Å²) >= 11 is 6.29. The van der Waals surface area contributed by atoms with Gasteiger partial charge in [0.1, 0.15) is 23.0 Å². The number of likely N-dealkylation sites (tertiary alicyclic amines) is 1. The number of halogens is 1. The summed E-state index contributed by atoms with van der Waals surface area (Å²) in [5, 5.41) is 3.43. The monoisotopic (exact) mass is 492 g/mol. The molecule has 3 aliphatic heterocycles. The molecule has 1 aromatic rings. The van der Waals surface area contributed by atoms with E-state index in [9.17, 15) is 9.59 Å². The van der Waals surface area contributed by atoms with Gasteiger partial charge in [0.05, 0.1) is 12.2 Å². The summed E-state index contributed by atoms with van der Waals surface area (Å²) in [6.07, 6.45) is 1.60. The van der Waals surface area contributed by atoms with E-state index in [1.54, 1.807) is 20.8 Å². The number of nitrogens with zero attached hydrogens (tertiary/aromatic N) is 1. The van der Waals surface area contributed by atoms with E-state index in [1.165, 1.54) is 0 Å². The minimum atomic E-state index is -0.614. The molecule has 0 saturated carbocycles. The van der Waals surface area contributed by atoms with Crippen molar-refractivity contribution < 1.29 is 23.8 Å². The predicted molar refractivity (Wildman–Crippen MR) is 130 cm³/mol. The number of alkyl carbamates (subject to hydrolysis) is 1. The van der Waals surface area contributed by atoms with E-state index < -0.39 is 23.3 Å². The van der Waals surface area contributed by atoms with Gasteiger partial charge in [-0.3, -0.25) is 4.79 Å². The highest BCUT2D eigenvalue weighted by atomic mass is 35.5. The molecule has 1 N–H and O–H groups in total. The fourth-order valence-electron chi connectivity index (χ4n) is 5.49. The smallest absolute Gasteiger partial charge is 0.408 e. The number of amides is 2. The lowest BCUT2D eigenvalue weighted by atomic mass is 9.70. The van der Waals surface area contributed by atoms with Crippen molar-refractivity contribution >= 4 is 23.6 Å². The Labute approximate surface area is 207 Å². The van der Waals surface area contributed by atoms with Crippen LogP contribution >= 0.6 is 11.6 Å². The molecular formula is C26H37ClN2O5. The summed E-state index contributed by atoms with van der Waals surface area (Å²) in [6, 6.07) is 5.13. The molecule has 2 saturated heterocycles. The number of nitrogens with one attached hydrogen (secondary N) is 1. The maximum absolute atomic E-state index is 13.3. The molecule has 3 heterocycles. The molecule has 4 rings (SSSR count). The van der Waals surface area contributed by atoms with Gasteiger partial charge in [-0.05, 0) is 72.1 Å². The quantitative estimate of drug-likeness (QED) is 0.634. The second kappa shape index (κ2) is 9.23. The minimum Gasteiger partial charge on any atom is -0.487 e. The van der Waals surface area contributed by atoms with Crippen LogP contribution in [0.1, 0.15) is 72.5 Å². The first-order chi connectivity index (χ1) is 15.9. The number of hydrogen-bond acceptors (Lipinski definition) is 5. The van der Waals surface area contributed by atoms with Crippen molar-refractivity contribution in [3.05, 3.63) is 28.8 Å². The number of benzene rings is 1. The fraction of sp³-hybridized carbons (Fsp3) is 0.692. The van der Waals surface area contributed by atoms with Crippen LogP contribution in [0.15, 0.2) is 18.2 Å². The van der Waals surface area contributed by atoms with Crippen molar-refractivity contribution in [2.24, 2.45) is 11.8 Å². The highest BCUT2D eigenvalue weighted by Gasteiger charge is 2.51. The molecule has 2 amide bonds. The number of hydrogen-bond donors (Lipinski definition) is 1. The summed E-state index contributed by atoms with van der Waals surface area (Å²) < 4.78 is 18.4. The molecule has 3 aliphatic rings. The van der Waals surface area contributed by atoms with Crippen molar-refractivity contribution in [1.82, 2.24) is 10.2 Å². The molecule has 34 heavy (non-hydrogen) atoms. The molecule has 0 aliphatic carbocycles. The second-order valence-electron chi connectivity index (χ2n) is 11.3. The Bertz CT molecular complexity index is 944. The summed E-state index contributed by atoms with van der Waals surface area (Å²) in [7, 11) is 0. The Hall–Kier alpha value is -1.99. The van der Waals surface area contributed by atoms with Gasteiger partial charge < -0.3 is 24.4 Å². The minimum absolute atomic E-state index is 0.0646. The number of ether oxygens (including phenoxy) is 3. The van der Waals surface area contributed by atoms with Crippen LogP contribution in [0.4, 0.5) is 4.79 Å². The second-order valence-corrected chi connectivity index (χ2v) is 11.7. The van der Waals surface area contributed by atoms with Gasteiger partial charge in [0.2, 0.25) is 5.91 Å². The van der Waals surface area contributed by atoms with Crippen LogP contribution in [0.2, 0.25) is 5.02 Å². The van der Waals surface area contributed by atoms with Crippen molar-refractivity contribution in [2.75, 3.05) is 13.1 Å². The molecule has 188 valence electrons. The number of fused-ring (bicyclic) bond motifs is 4. The molecule has 2 fully saturated rings.